The van der Waals surface area contributed by atoms with Crippen molar-refractivity contribution in [3.8, 4) is 0 Å². The van der Waals surface area contributed by atoms with Crippen molar-refractivity contribution in [3.05, 3.63) is 16.1 Å². The Bertz CT molecular complexity index is 320. The zero-order chi connectivity index (χ0) is 11.4. The zero-order valence-corrected chi connectivity index (χ0v) is 10.7. The molecular weight excluding hydrogens is 218 g/mol. The molecule has 1 atom stereocenters. The van der Waals surface area contributed by atoms with Crippen LogP contribution >= 0.6 is 11.3 Å². The van der Waals surface area contributed by atoms with Crippen molar-refractivity contribution in [1.82, 2.24) is 10.3 Å². The third kappa shape index (κ3) is 3.54. The van der Waals surface area contributed by atoms with E-state index in [2.05, 4.69) is 22.6 Å². The molecule has 1 aromatic rings. The van der Waals surface area contributed by atoms with Gasteiger partial charge in [0.1, 0.15) is 0 Å². The van der Waals surface area contributed by atoms with Crippen molar-refractivity contribution in [3.63, 3.8) is 0 Å². The topological polar surface area (TPSA) is 50.9 Å². The smallest absolute Gasteiger partial charge is 0.0941 e. The number of thiazole rings is 1. The summed E-state index contributed by atoms with van der Waals surface area (Å²) in [4.78, 5) is 4.53. The molecule has 1 heterocycles. The number of hydrogen-bond acceptors (Lipinski definition) is 4. The fourth-order valence-electron chi connectivity index (χ4n) is 1.93. The van der Waals surface area contributed by atoms with E-state index in [0.29, 0.717) is 6.54 Å². The minimum atomic E-state index is 0.694. The summed E-state index contributed by atoms with van der Waals surface area (Å²) >= 11 is 1.72. The van der Waals surface area contributed by atoms with Crippen molar-refractivity contribution in [2.24, 2.45) is 17.6 Å². The molecule has 1 aromatic heterocycles. The molecule has 0 bridgehead atoms. The van der Waals surface area contributed by atoms with Crippen LogP contribution in [0.5, 0.6) is 0 Å². The summed E-state index contributed by atoms with van der Waals surface area (Å²) in [6.07, 6.45) is 3.77. The predicted molar refractivity (Wildman–Crippen MR) is 68.5 cm³/mol. The Morgan fingerprint density at radius 1 is 1.62 bits per heavy atom. The van der Waals surface area contributed by atoms with Crippen LogP contribution in [0.1, 0.15) is 30.5 Å². The first-order valence-corrected chi connectivity index (χ1v) is 7.01. The van der Waals surface area contributed by atoms with Crippen LogP contribution in [0, 0.1) is 11.8 Å². The molecule has 1 saturated carbocycles. The third-order valence-corrected chi connectivity index (χ3v) is 4.11. The lowest BCUT2D eigenvalue weighted by atomic mass is 10.1. The summed E-state index contributed by atoms with van der Waals surface area (Å²) in [5.74, 6) is 1.80. The Kier molecular flexibility index (Phi) is 4.32. The van der Waals surface area contributed by atoms with Gasteiger partial charge in [-0.25, -0.2) is 4.98 Å². The van der Waals surface area contributed by atoms with Gasteiger partial charge in [0.15, 0.2) is 0 Å². The van der Waals surface area contributed by atoms with Gasteiger partial charge in [0.25, 0.3) is 0 Å². The lowest BCUT2D eigenvalue weighted by molar-refractivity contribution is 0.460. The van der Waals surface area contributed by atoms with E-state index in [1.165, 1.54) is 12.8 Å². The molecular formula is C12H21N3S. The van der Waals surface area contributed by atoms with Crippen molar-refractivity contribution in [1.29, 1.82) is 0 Å². The van der Waals surface area contributed by atoms with Crippen molar-refractivity contribution >= 4 is 11.3 Å². The highest BCUT2D eigenvalue weighted by Crippen LogP contribution is 2.36. The molecule has 0 amide bonds. The first kappa shape index (κ1) is 12.0. The minimum Gasteiger partial charge on any atom is -0.330 e. The standard InChI is InChI=1S/C12H21N3S/c1-9(10-2-3-10)6-14-7-11-8-16-12(15-11)4-5-13/h8-10,14H,2-7,13H2,1H3. The maximum Gasteiger partial charge on any atom is 0.0941 e. The molecule has 90 valence electrons. The van der Waals surface area contributed by atoms with Gasteiger partial charge in [-0.05, 0) is 37.8 Å². The molecule has 0 aromatic carbocycles. The Balaban J connectivity index is 1.67. The van der Waals surface area contributed by atoms with E-state index in [0.717, 1.165) is 42.0 Å². The fraction of sp³-hybridized carbons (Fsp3) is 0.750. The van der Waals surface area contributed by atoms with Crippen molar-refractivity contribution < 1.29 is 0 Å². The molecule has 2 rings (SSSR count). The summed E-state index contributed by atoms with van der Waals surface area (Å²) < 4.78 is 0. The predicted octanol–water partition coefficient (Wildman–Crippen LogP) is 1.78. The Morgan fingerprint density at radius 3 is 3.12 bits per heavy atom. The van der Waals surface area contributed by atoms with Gasteiger partial charge in [0, 0.05) is 18.3 Å². The van der Waals surface area contributed by atoms with Crippen LogP contribution in [0.3, 0.4) is 0 Å². The molecule has 0 spiro atoms. The van der Waals surface area contributed by atoms with Crippen LogP contribution in [0.15, 0.2) is 5.38 Å². The van der Waals surface area contributed by atoms with Crippen LogP contribution in [0.4, 0.5) is 0 Å². The van der Waals surface area contributed by atoms with Gasteiger partial charge in [-0.2, -0.15) is 0 Å². The molecule has 16 heavy (non-hydrogen) atoms. The highest BCUT2D eigenvalue weighted by Gasteiger charge is 2.27. The van der Waals surface area contributed by atoms with Gasteiger partial charge < -0.3 is 11.1 Å². The molecule has 3 N–H and O–H groups in total. The fourth-order valence-corrected chi connectivity index (χ4v) is 2.74. The molecule has 3 nitrogen and oxygen atoms in total. The number of rotatable bonds is 7. The van der Waals surface area contributed by atoms with Crippen molar-refractivity contribution in [2.45, 2.75) is 32.7 Å². The highest BCUT2D eigenvalue weighted by molar-refractivity contribution is 7.09. The van der Waals surface area contributed by atoms with E-state index in [-0.39, 0.29) is 0 Å². The van der Waals surface area contributed by atoms with Gasteiger partial charge in [0.2, 0.25) is 0 Å². The zero-order valence-electron chi connectivity index (χ0n) is 9.91. The minimum absolute atomic E-state index is 0.694. The molecule has 4 heteroatoms. The first-order valence-electron chi connectivity index (χ1n) is 6.13. The van der Waals surface area contributed by atoms with Gasteiger partial charge >= 0.3 is 0 Å². The molecule has 0 radical (unpaired) electrons. The number of aromatic nitrogens is 1. The number of nitrogens with two attached hydrogens (primary N) is 1. The van der Waals surface area contributed by atoms with Crippen LogP contribution in [0.25, 0.3) is 0 Å². The third-order valence-electron chi connectivity index (χ3n) is 3.16. The lowest BCUT2D eigenvalue weighted by Gasteiger charge is -2.09. The van der Waals surface area contributed by atoms with E-state index in [1.54, 1.807) is 11.3 Å². The second-order valence-electron chi connectivity index (χ2n) is 4.72. The highest BCUT2D eigenvalue weighted by atomic mass is 32.1. The van der Waals surface area contributed by atoms with E-state index in [4.69, 9.17) is 5.73 Å². The van der Waals surface area contributed by atoms with Crippen LogP contribution < -0.4 is 11.1 Å². The molecule has 1 unspecified atom stereocenters. The molecule has 1 fully saturated rings. The summed E-state index contributed by atoms with van der Waals surface area (Å²) in [5.41, 5.74) is 6.66. The SMILES string of the molecule is CC(CNCc1csc(CCN)n1)C1CC1. The summed E-state index contributed by atoms with van der Waals surface area (Å²) in [7, 11) is 0. The monoisotopic (exact) mass is 239 g/mol. The molecule has 1 aliphatic rings. The number of nitrogens with zero attached hydrogens (tertiary/aromatic N) is 1. The average Bonchev–Trinajstić information content (AvgIpc) is 3.02. The summed E-state index contributed by atoms with van der Waals surface area (Å²) in [5, 5.41) is 6.79. The maximum atomic E-state index is 5.50. The van der Waals surface area contributed by atoms with Gasteiger partial charge in [0.05, 0.1) is 10.7 Å². The van der Waals surface area contributed by atoms with Crippen molar-refractivity contribution in [2.75, 3.05) is 13.1 Å². The lowest BCUT2D eigenvalue weighted by Crippen LogP contribution is -2.22. The van der Waals surface area contributed by atoms with E-state index >= 15 is 0 Å². The maximum absolute atomic E-state index is 5.50. The number of hydrogen-bond donors (Lipinski definition) is 2. The van der Waals surface area contributed by atoms with Crippen LogP contribution in [0.2, 0.25) is 0 Å². The quantitative estimate of drug-likeness (QED) is 0.762. The summed E-state index contributed by atoms with van der Waals surface area (Å²) in [6, 6.07) is 0. The Morgan fingerprint density at radius 2 is 2.44 bits per heavy atom. The Hall–Kier alpha value is -0.450. The molecule has 0 saturated heterocycles. The van der Waals surface area contributed by atoms with Crippen LogP contribution in [-0.2, 0) is 13.0 Å². The molecule has 1 aliphatic carbocycles. The van der Waals surface area contributed by atoms with E-state index in [9.17, 15) is 0 Å². The second-order valence-corrected chi connectivity index (χ2v) is 5.66. The van der Waals surface area contributed by atoms with E-state index in [1.807, 2.05) is 0 Å². The Labute approximate surface area is 101 Å². The van der Waals surface area contributed by atoms with Gasteiger partial charge in [-0.3, -0.25) is 0 Å². The molecule has 0 aliphatic heterocycles. The normalized spacial score (nSPS) is 17.6. The second kappa shape index (κ2) is 5.75. The summed E-state index contributed by atoms with van der Waals surface area (Å²) in [6.45, 7) is 5.05. The van der Waals surface area contributed by atoms with Gasteiger partial charge in [-0.15, -0.1) is 11.3 Å². The number of nitrogens with one attached hydrogen (secondary N) is 1. The van der Waals surface area contributed by atoms with Gasteiger partial charge in [-0.1, -0.05) is 6.92 Å². The van der Waals surface area contributed by atoms with Crippen LogP contribution in [-0.4, -0.2) is 18.1 Å². The first-order chi connectivity index (χ1) is 7.79. The average molecular weight is 239 g/mol. The van der Waals surface area contributed by atoms with E-state index < -0.39 is 0 Å². The largest absolute Gasteiger partial charge is 0.330 e.